The van der Waals surface area contributed by atoms with Crippen LogP contribution in [0.2, 0.25) is 0 Å². The largest absolute Gasteiger partial charge is 0.449 e. The van der Waals surface area contributed by atoms with Gasteiger partial charge in [-0.25, -0.2) is 15.0 Å². The number of hydrogen-bond donors (Lipinski definition) is 0. The van der Waals surface area contributed by atoms with E-state index in [9.17, 15) is 0 Å². The maximum Gasteiger partial charge on any atom is 0.181 e. The molecule has 7 aromatic carbocycles. The third-order valence-electron chi connectivity index (χ3n) is 10.2. The molecule has 0 atom stereocenters. The maximum atomic E-state index is 6.96. The Balaban J connectivity index is 1.16. The van der Waals surface area contributed by atoms with Gasteiger partial charge in [0.25, 0.3) is 0 Å². The summed E-state index contributed by atoms with van der Waals surface area (Å²) in [5.74, 6) is 4.28. The molecular weight excluding hydrogens is 627 g/mol. The van der Waals surface area contributed by atoms with Crippen LogP contribution in [0.1, 0.15) is 25.0 Å². The molecule has 0 spiro atoms. The molecule has 1 aliphatic heterocycles. The molecule has 0 N–H and O–H groups in total. The van der Waals surface area contributed by atoms with Gasteiger partial charge in [0.1, 0.15) is 0 Å². The Labute approximate surface area is 295 Å². The summed E-state index contributed by atoms with van der Waals surface area (Å²) in [7, 11) is 0. The molecule has 51 heavy (non-hydrogen) atoms. The van der Waals surface area contributed by atoms with E-state index in [4.69, 9.17) is 24.4 Å². The first-order valence-electron chi connectivity index (χ1n) is 17.2. The number of benzene rings is 7. The van der Waals surface area contributed by atoms with E-state index < -0.39 is 0 Å². The number of aromatic nitrogens is 3. The Morgan fingerprint density at radius 2 is 0.980 bits per heavy atom. The molecule has 0 saturated carbocycles. The first kappa shape index (κ1) is 29.3. The third-order valence-corrected chi connectivity index (χ3v) is 10.2. The standard InChI is InChI=1S/C46H31N3O2/c1-46(2)36-22-12-11-20-34(36)40-37(46)26-27-39-42(40)51-41-35(21-13-23-38(41)50-39)45-48-43(29-16-7-4-8-17-29)47-44(49-45)33-25-24-30(28-14-5-3-6-15-28)31-18-9-10-19-32(31)33/h3-27H,1-2H3. The van der Waals surface area contributed by atoms with Crippen molar-refractivity contribution in [2.75, 3.05) is 0 Å². The second kappa shape index (κ2) is 11.2. The lowest BCUT2D eigenvalue weighted by Gasteiger charge is -2.26. The Hall–Kier alpha value is -6.59. The second-order valence-electron chi connectivity index (χ2n) is 13.6. The van der Waals surface area contributed by atoms with Crippen molar-refractivity contribution >= 4 is 10.8 Å². The van der Waals surface area contributed by atoms with Crippen LogP contribution in [-0.4, -0.2) is 15.0 Å². The lowest BCUT2D eigenvalue weighted by Crippen LogP contribution is -2.15. The molecule has 2 heterocycles. The smallest absolute Gasteiger partial charge is 0.181 e. The van der Waals surface area contributed by atoms with E-state index in [1.807, 2.05) is 60.7 Å². The minimum Gasteiger partial charge on any atom is -0.449 e. The van der Waals surface area contributed by atoms with Crippen LogP contribution in [0.25, 0.3) is 67.2 Å². The molecular formula is C46H31N3O2. The van der Waals surface area contributed by atoms with E-state index >= 15 is 0 Å². The number of nitrogens with zero attached hydrogens (tertiary/aromatic N) is 3. The highest BCUT2D eigenvalue weighted by Gasteiger charge is 2.40. The normalized spacial score (nSPS) is 13.4. The van der Waals surface area contributed by atoms with Gasteiger partial charge in [-0.05, 0) is 62.9 Å². The van der Waals surface area contributed by atoms with Crippen molar-refractivity contribution in [3.63, 3.8) is 0 Å². The predicted octanol–water partition coefficient (Wildman–Crippen LogP) is 11.9. The van der Waals surface area contributed by atoms with Crippen molar-refractivity contribution in [3.8, 4) is 79.4 Å². The summed E-state index contributed by atoms with van der Waals surface area (Å²) in [6.45, 7) is 4.53. The van der Waals surface area contributed by atoms with E-state index in [-0.39, 0.29) is 5.41 Å². The van der Waals surface area contributed by atoms with Gasteiger partial charge in [-0.15, -0.1) is 0 Å². The van der Waals surface area contributed by atoms with Crippen molar-refractivity contribution in [3.05, 3.63) is 163 Å². The molecule has 5 heteroatoms. The number of ether oxygens (including phenoxy) is 2. The van der Waals surface area contributed by atoms with Crippen LogP contribution < -0.4 is 9.47 Å². The van der Waals surface area contributed by atoms with Crippen LogP contribution in [0.15, 0.2) is 152 Å². The number of hydrogen-bond acceptors (Lipinski definition) is 5. The van der Waals surface area contributed by atoms with Gasteiger partial charge in [0.15, 0.2) is 40.5 Å². The molecule has 0 saturated heterocycles. The molecule has 0 fully saturated rings. The first-order valence-corrected chi connectivity index (χ1v) is 17.2. The van der Waals surface area contributed by atoms with Gasteiger partial charge < -0.3 is 9.47 Å². The third kappa shape index (κ3) is 4.59. The van der Waals surface area contributed by atoms with Crippen LogP contribution in [0.3, 0.4) is 0 Å². The fourth-order valence-electron chi connectivity index (χ4n) is 7.72. The highest BCUT2D eigenvalue weighted by molar-refractivity contribution is 6.04. The average molecular weight is 658 g/mol. The molecule has 1 aliphatic carbocycles. The molecule has 0 bridgehead atoms. The van der Waals surface area contributed by atoms with Crippen LogP contribution in [-0.2, 0) is 5.41 Å². The molecule has 10 rings (SSSR count). The Morgan fingerprint density at radius 3 is 1.76 bits per heavy atom. The van der Waals surface area contributed by atoms with E-state index in [0.717, 1.165) is 44.2 Å². The number of rotatable bonds is 4. The summed E-state index contributed by atoms with van der Waals surface area (Å²) in [5, 5.41) is 2.20. The van der Waals surface area contributed by atoms with Crippen molar-refractivity contribution < 1.29 is 9.47 Å². The second-order valence-corrected chi connectivity index (χ2v) is 13.6. The zero-order valence-electron chi connectivity index (χ0n) is 28.1. The zero-order chi connectivity index (χ0) is 34.1. The molecule has 242 valence electrons. The topological polar surface area (TPSA) is 57.1 Å². The molecule has 2 aliphatic rings. The van der Waals surface area contributed by atoms with Crippen LogP contribution in [0, 0.1) is 0 Å². The van der Waals surface area contributed by atoms with E-state index in [1.54, 1.807) is 0 Å². The van der Waals surface area contributed by atoms with Crippen molar-refractivity contribution in [1.82, 2.24) is 15.0 Å². The summed E-state index contributed by atoms with van der Waals surface area (Å²) in [4.78, 5) is 15.4. The highest BCUT2D eigenvalue weighted by atomic mass is 16.6. The van der Waals surface area contributed by atoms with E-state index in [2.05, 4.69) is 105 Å². The van der Waals surface area contributed by atoms with Crippen molar-refractivity contribution in [2.24, 2.45) is 0 Å². The van der Waals surface area contributed by atoms with Crippen LogP contribution >= 0.6 is 0 Å². The lowest BCUT2D eigenvalue weighted by atomic mass is 9.82. The van der Waals surface area contributed by atoms with Crippen molar-refractivity contribution in [2.45, 2.75) is 19.3 Å². The summed E-state index contributed by atoms with van der Waals surface area (Å²) in [6.07, 6.45) is 0. The van der Waals surface area contributed by atoms with Gasteiger partial charge in [-0.3, -0.25) is 0 Å². The van der Waals surface area contributed by atoms with Gasteiger partial charge in [0.05, 0.1) is 5.56 Å². The van der Waals surface area contributed by atoms with Gasteiger partial charge in [-0.2, -0.15) is 0 Å². The first-order chi connectivity index (χ1) is 25.0. The summed E-state index contributed by atoms with van der Waals surface area (Å²) < 4.78 is 13.6. The van der Waals surface area contributed by atoms with Crippen LogP contribution in [0.4, 0.5) is 0 Å². The molecule has 0 unspecified atom stereocenters. The minimum absolute atomic E-state index is 0.170. The summed E-state index contributed by atoms with van der Waals surface area (Å²) >= 11 is 0. The van der Waals surface area contributed by atoms with Gasteiger partial charge in [0, 0.05) is 22.1 Å². The minimum atomic E-state index is -0.170. The Bertz CT molecular complexity index is 2670. The van der Waals surface area contributed by atoms with Gasteiger partial charge in [0.2, 0.25) is 0 Å². The Kier molecular flexibility index (Phi) is 6.46. The Morgan fingerprint density at radius 1 is 0.392 bits per heavy atom. The maximum absolute atomic E-state index is 6.96. The fraction of sp³-hybridized carbons (Fsp3) is 0.0652. The molecule has 0 radical (unpaired) electrons. The molecule has 8 aromatic rings. The molecule has 0 amide bonds. The van der Waals surface area contributed by atoms with E-state index in [1.165, 1.54) is 16.7 Å². The van der Waals surface area contributed by atoms with Crippen molar-refractivity contribution in [1.29, 1.82) is 0 Å². The summed E-state index contributed by atoms with van der Waals surface area (Å²) in [6, 6.07) is 51.9. The van der Waals surface area contributed by atoms with Gasteiger partial charge >= 0.3 is 0 Å². The fourth-order valence-corrected chi connectivity index (χ4v) is 7.72. The number of fused-ring (bicyclic) bond motifs is 7. The summed E-state index contributed by atoms with van der Waals surface area (Å²) in [5.41, 5.74) is 9.43. The molecule has 5 nitrogen and oxygen atoms in total. The highest BCUT2D eigenvalue weighted by Crippen LogP contribution is 2.59. The zero-order valence-corrected chi connectivity index (χ0v) is 28.1. The average Bonchev–Trinajstić information content (AvgIpc) is 3.43. The number of para-hydroxylation sites is 1. The SMILES string of the molecule is CC1(C)c2ccccc2-c2c1ccc1c2Oc2c(cccc2-c2nc(-c3ccccc3)nc(-c3ccc(-c4ccccc4)c4ccccc34)n2)O1. The predicted molar refractivity (Wildman–Crippen MR) is 203 cm³/mol. The quantitative estimate of drug-likeness (QED) is 0.188. The van der Waals surface area contributed by atoms with Crippen LogP contribution in [0.5, 0.6) is 23.0 Å². The van der Waals surface area contributed by atoms with Gasteiger partial charge in [-0.1, -0.05) is 141 Å². The monoisotopic (exact) mass is 657 g/mol. The lowest BCUT2D eigenvalue weighted by molar-refractivity contribution is 0.361. The van der Waals surface area contributed by atoms with E-state index in [0.29, 0.717) is 40.5 Å². The molecule has 1 aromatic heterocycles.